The molecule has 3 N–H and O–H groups in total. The number of benzene rings is 1. The standard InChI is InChI=1S/C19H31N3O2/c1-19(2,3)18(24)21-13-7-11-17(23)22(14-8-12-20)15-16-9-5-4-6-10-16/h4-6,9-10H,7-8,11-15,20H2,1-3H3,(H,21,24). The maximum atomic E-state index is 12.5. The Balaban J connectivity index is 2.45. The van der Waals surface area contributed by atoms with Gasteiger partial charge in [-0.05, 0) is 24.9 Å². The minimum absolute atomic E-state index is 0.0132. The Bertz CT molecular complexity index is 509. The molecule has 0 aliphatic carbocycles. The summed E-state index contributed by atoms with van der Waals surface area (Å²) in [5.41, 5.74) is 6.30. The molecule has 2 amide bonds. The fraction of sp³-hybridized carbons (Fsp3) is 0.579. The molecule has 0 saturated heterocycles. The van der Waals surface area contributed by atoms with Crippen molar-refractivity contribution in [3.63, 3.8) is 0 Å². The van der Waals surface area contributed by atoms with E-state index >= 15 is 0 Å². The molecule has 0 unspecified atom stereocenters. The van der Waals surface area contributed by atoms with Crippen molar-refractivity contribution in [2.45, 2.75) is 46.6 Å². The number of amides is 2. The quantitative estimate of drug-likeness (QED) is 0.681. The Hall–Kier alpha value is -1.88. The second-order valence-corrected chi connectivity index (χ2v) is 7.05. The molecule has 24 heavy (non-hydrogen) atoms. The highest BCUT2D eigenvalue weighted by atomic mass is 16.2. The van der Waals surface area contributed by atoms with Gasteiger partial charge in [0.1, 0.15) is 0 Å². The molecule has 1 rings (SSSR count). The molecule has 134 valence electrons. The topological polar surface area (TPSA) is 75.4 Å². The SMILES string of the molecule is CC(C)(C)C(=O)NCCCC(=O)N(CCCN)Cc1ccccc1. The maximum Gasteiger partial charge on any atom is 0.225 e. The zero-order valence-electron chi connectivity index (χ0n) is 15.2. The minimum atomic E-state index is -0.398. The largest absolute Gasteiger partial charge is 0.356 e. The number of carbonyl (C=O) groups is 2. The summed E-state index contributed by atoms with van der Waals surface area (Å²) in [5, 5.41) is 2.88. The first-order chi connectivity index (χ1) is 11.3. The Kier molecular flexibility index (Phi) is 8.47. The number of hydrogen-bond donors (Lipinski definition) is 2. The normalized spacial score (nSPS) is 11.2. The summed E-state index contributed by atoms with van der Waals surface area (Å²) in [4.78, 5) is 26.1. The second kappa shape index (κ2) is 10.1. The third-order valence-corrected chi connectivity index (χ3v) is 3.74. The van der Waals surface area contributed by atoms with Gasteiger partial charge in [0.15, 0.2) is 0 Å². The lowest BCUT2D eigenvalue weighted by Crippen LogP contribution is -2.36. The third-order valence-electron chi connectivity index (χ3n) is 3.74. The summed E-state index contributed by atoms with van der Waals surface area (Å²) in [7, 11) is 0. The first-order valence-electron chi connectivity index (χ1n) is 8.64. The number of carbonyl (C=O) groups excluding carboxylic acids is 2. The van der Waals surface area contributed by atoms with Gasteiger partial charge in [-0.15, -0.1) is 0 Å². The number of rotatable bonds is 9. The van der Waals surface area contributed by atoms with Crippen molar-refractivity contribution in [1.82, 2.24) is 10.2 Å². The highest BCUT2D eigenvalue weighted by Gasteiger charge is 2.20. The van der Waals surface area contributed by atoms with E-state index in [2.05, 4.69) is 5.32 Å². The third kappa shape index (κ3) is 7.59. The van der Waals surface area contributed by atoms with Gasteiger partial charge in [-0.3, -0.25) is 9.59 Å². The molecule has 0 atom stereocenters. The number of nitrogens with two attached hydrogens (primary N) is 1. The van der Waals surface area contributed by atoms with Crippen LogP contribution >= 0.6 is 0 Å². The first kappa shape index (κ1) is 20.2. The lowest BCUT2D eigenvalue weighted by molar-refractivity contribution is -0.132. The molecule has 0 heterocycles. The predicted molar refractivity (Wildman–Crippen MR) is 97.2 cm³/mol. The molecule has 5 heteroatoms. The molecule has 1 aromatic rings. The molecule has 0 bridgehead atoms. The first-order valence-corrected chi connectivity index (χ1v) is 8.64. The summed E-state index contributed by atoms with van der Waals surface area (Å²) >= 11 is 0. The molecule has 0 radical (unpaired) electrons. The van der Waals surface area contributed by atoms with E-state index in [0.29, 0.717) is 39.0 Å². The van der Waals surface area contributed by atoms with Gasteiger partial charge >= 0.3 is 0 Å². The van der Waals surface area contributed by atoms with Gasteiger partial charge < -0.3 is 16.0 Å². The van der Waals surface area contributed by atoms with E-state index in [9.17, 15) is 9.59 Å². The molecule has 0 aromatic heterocycles. The molecule has 0 spiro atoms. The second-order valence-electron chi connectivity index (χ2n) is 7.05. The van der Waals surface area contributed by atoms with Crippen LogP contribution in [0.25, 0.3) is 0 Å². The summed E-state index contributed by atoms with van der Waals surface area (Å²) in [6.45, 7) is 8.00. The van der Waals surface area contributed by atoms with Crippen LogP contribution in [-0.2, 0) is 16.1 Å². The molecule has 0 fully saturated rings. The lowest BCUT2D eigenvalue weighted by atomic mass is 9.96. The van der Waals surface area contributed by atoms with Gasteiger partial charge in [0.25, 0.3) is 0 Å². The molecular weight excluding hydrogens is 302 g/mol. The summed E-state index contributed by atoms with van der Waals surface area (Å²) < 4.78 is 0. The number of nitrogens with zero attached hydrogens (tertiary/aromatic N) is 1. The van der Waals surface area contributed by atoms with Gasteiger partial charge in [0.05, 0.1) is 0 Å². The van der Waals surface area contributed by atoms with Crippen LogP contribution in [0.1, 0.15) is 45.6 Å². The van der Waals surface area contributed by atoms with Crippen LogP contribution in [0.4, 0.5) is 0 Å². The molecule has 0 saturated carbocycles. The Morgan fingerprint density at radius 3 is 2.38 bits per heavy atom. The van der Waals surface area contributed by atoms with Gasteiger partial charge in [-0.25, -0.2) is 0 Å². The van der Waals surface area contributed by atoms with E-state index in [-0.39, 0.29) is 11.8 Å². The smallest absolute Gasteiger partial charge is 0.225 e. The summed E-state index contributed by atoms with van der Waals surface area (Å²) in [5.74, 6) is 0.122. The van der Waals surface area contributed by atoms with E-state index in [1.165, 1.54) is 0 Å². The molecule has 1 aromatic carbocycles. The van der Waals surface area contributed by atoms with Gasteiger partial charge in [-0.2, -0.15) is 0 Å². The van der Waals surface area contributed by atoms with E-state index < -0.39 is 5.41 Å². The van der Waals surface area contributed by atoms with Crippen molar-refractivity contribution in [1.29, 1.82) is 0 Å². The zero-order valence-corrected chi connectivity index (χ0v) is 15.2. The van der Waals surface area contributed by atoms with Crippen molar-refractivity contribution in [3.8, 4) is 0 Å². The van der Waals surface area contributed by atoms with Crippen LogP contribution in [0.2, 0.25) is 0 Å². The fourth-order valence-corrected chi connectivity index (χ4v) is 2.24. The van der Waals surface area contributed by atoms with Crippen LogP contribution in [0.15, 0.2) is 30.3 Å². The highest BCUT2D eigenvalue weighted by Crippen LogP contribution is 2.12. The predicted octanol–water partition coefficient (Wildman–Crippen LogP) is 2.31. The highest BCUT2D eigenvalue weighted by molar-refractivity contribution is 5.81. The Morgan fingerprint density at radius 1 is 1.12 bits per heavy atom. The summed E-state index contributed by atoms with van der Waals surface area (Å²) in [6.07, 6.45) is 1.87. The van der Waals surface area contributed by atoms with E-state index in [1.54, 1.807) is 0 Å². The lowest BCUT2D eigenvalue weighted by Gasteiger charge is -2.23. The van der Waals surface area contributed by atoms with Crippen LogP contribution in [-0.4, -0.2) is 36.3 Å². The Morgan fingerprint density at radius 2 is 1.79 bits per heavy atom. The fourth-order valence-electron chi connectivity index (χ4n) is 2.24. The molecule has 0 aliphatic rings. The maximum absolute atomic E-state index is 12.5. The van der Waals surface area contributed by atoms with Crippen molar-refractivity contribution in [3.05, 3.63) is 35.9 Å². The number of hydrogen-bond acceptors (Lipinski definition) is 3. The van der Waals surface area contributed by atoms with Crippen LogP contribution in [0.3, 0.4) is 0 Å². The Labute approximate surface area is 145 Å². The van der Waals surface area contributed by atoms with Crippen molar-refractivity contribution < 1.29 is 9.59 Å². The van der Waals surface area contributed by atoms with Crippen molar-refractivity contribution >= 4 is 11.8 Å². The van der Waals surface area contributed by atoms with Gasteiger partial charge in [0, 0.05) is 31.5 Å². The van der Waals surface area contributed by atoms with Crippen LogP contribution < -0.4 is 11.1 Å². The van der Waals surface area contributed by atoms with E-state index in [0.717, 1.165) is 12.0 Å². The number of nitrogens with one attached hydrogen (secondary N) is 1. The van der Waals surface area contributed by atoms with E-state index in [4.69, 9.17) is 5.73 Å². The van der Waals surface area contributed by atoms with Crippen LogP contribution in [0, 0.1) is 5.41 Å². The van der Waals surface area contributed by atoms with Gasteiger partial charge in [-0.1, -0.05) is 51.1 Å². The van der Waals surface area contributed by atoms with Crippen molar-refractivity contribution in [2.24, 2.45) is 11.1 Å². The van der Waals surface area contributed by atoms with Gasteiger partial charge in [0.2, 0.25) is 11.8 Å². The van der Waals surface area contributed by atoms with E-state index in [1.807, 2.05) is 56.0 Å². The molecule has 5 nitrogen and oxygen atoms in total. The van der Waals surface area contributed by atoms with Crippen molar-refractivity contribution in [2.75, 3.05) is 19.6 Å². The minimum Gasteiger partial charge on any atom is -0.356 e. The summed E-state index contributed by atoms with van der Waals surface area (Å²) in [6, 6.07) is 9.96. The zero-order chi connectivity index (χ0) is 18.0. The average molecular weight is 333 g/mol. The average Bonchev–Trinajstić information content (AvgIpc) is 2.55. The molecular formula is C19H31N3O2. The monoisotopic (exact) mass is 333 g/mol. The van der Waals surface area contributed by atoms with Crippen LogP contribution in [0.5, 0.6) is 0 Å². The molecule has 0 aliphatic heterocycles.